The first-order valence-corrected chi connectivity index (χ1v) is 9.52. The number of urea groups is 1. The summed E-state index contributed by atoms with van der Waals surface area (Å²) in [7, 11) is 0. The van der Waals surface area contributed by atoms with E-state index in [9.17, 15) is 9.90 Å². The van der Waals surface area contributed by atoms with Gasteiger partial charge < -0.3 is 20.5 Å². The molecule has 0 spiro atoms. The maximum Gasteiger partial charge on any atom is 0.315 e. The molecule has 0 aromatic heterocycles. The average Bonchev–Trinajstić information content (AvgIpc) is 2.63. The fourth-order valence-electron chi connectivity index (χ4n) is 3.86. The zero-order chi connectivity index (χ0) is 17.6. The maximum absolute atomic E-state index is 12.2. The predicted molar refractivity (Wildman–Crippen MR) is 97.4 cm³/mol. The van der Waals surface area contributed by atoms with E-state index in [2.05, 4.69) is 41.8 Å². The van der Waals surface area contributed by atoms with Crippen LogP contribution in [0.25, 0.3) is 0 Å². The number of aliphatic hydroxyl groups excluding tert-OH is 1. The Labute approximate surface area is 150 Å². The van der Waals surface area contributed by atoms with E-state index in [1.807, 2.05) is 0 Å². The number of carbonyl (C=O) groups is 1. The topological polar surface area (TPSA) is 70.6 Å². The third-order valence-electron chi connectivity index (χ3n) is 5.41. The number of nitrogens with one attached hydrogen (secondary N) is 2. The number of ether oxygens (including phenoxy) is 1. The summed E-state index contributed by atoms with van der Waals surface area (Å²) < 4.78 is 6.01. The molecule has 2 fully saturated rings. The fourth-order valence-corrected chi connectivity index (χ4v) is 3.86. The summed E-state index contributed by atoms with van der Waals surface area (Å²) >= 11 is 0. The van der Waals surface area contributed by atoms with Gasteiger partial charge in [0.15, 0.2) is 0 Å². The second-order valence-electron chi connectivity index (χ2n) is 7.46. The molecule has 2 amide bonds. The minimum absolute atomic E-state index is 0.0551. The zero-order valence-electron chi connectivity index (χ0n) is 15.0. The molecule has 25 heavy (non-hydrogen) atoms. The number of hydrogen-bond donors (Lipinski definition) is 3. The standard InChI is InChI=1S/C20H30N2O3/c1-14-4-6-15(7-5-14)19-16(3-2-12-25-19)13-21-20(24)22-17-8-10-18(23)11-9-17/h4-7,16-19,23H,2-3,8-13H2,1H3,(H2,21,22,24)/t16-,17?,18?,19+/m0/s1. The number of amides is 2. The lowest BCUT2D eigenvalue weighted by Gasteiger charge is -2.33. The van der Waals surface area contributed by atoms with Crippen LogP contribution in [0.5, 0.6) is 0 Å². The molecule has 1 heterocycles. The molecule has 1 saturated heterocycles. The van der Waals surface area contributed by atoms with Crippen LogP contribution in [-0.2, 0) is 4.74 Å². The van der Waals surface area contributed by atoms with E-state index in [4.69, 9.17) is 4.74 Å². The quantitative estimate of drug-likeness (QED) is 0.785. The summed E-state index contributed by atoms with van der Waals surface area (Å²) in [6.07, 6.45) is 5.22. The van der Waals surface area contributed by atoms with Crippen molar-refractivity contribution in [1.82, 2.24) is 10.6 Å². The summed E-state index contributed by atoms with van der Waals surface area (Å²) in [4.78, 5) is 12.2. The molecule has 3 rings (SSSR count). The van der Waals surface area contributed by atoms with Crippen LogP contribution in [0.3, 0.4) is 0 Å². The average molecular weight is 346 g/mol. The Morgan fingerprint density at radius 2 is 1.88 bits per heavy atom. The third-order valence-corrected chi connectivity index (χ3v) is 5.41. The SMILES string of the molecule is Cc1ccc([C@H]2OCCC[C@H]2CNC(=O)NC2CCC(O)CC2)cc1. The highest BCUT2D eigenvalue weighted by molar-refractivity contribution is 5.74. The largest absolute Gasteiger partial charge is 0.393 e. The number of benzene rings is 1. The van der Waals surface area contributed by atoms with E-state index in [-0.39, 0.29) is 24.3 Å². The van der Waals surface area contributed by atoms with Gasteiger partial charge in [0.1, 0.15) is 0 Å². The van der Waals surface area contributed by atoms with Crippen molar-refractivity contribution in [2.45, 2.75) is 63.7 Å². The molecule has 5 heteroatoms. The van der Waals surface area contributed by atoms with Crippen LogP contribution < -0.4 is 10.6 Å². The van der Waals surface area contributed by atoms with Crippen molar-refractivity contribution in [3.63, 3.8) is 0 Å². The van der Waals surface area contributed by atoms with Crippen molar-refractivity contribution < 1.29 is 14.6 Å². The molecule has 2 aliphatic rings. The lowest BCUT2D eigenvalue weighted by molar-refractivity contribution is -0.0269. The molecule has 3 N–H and O–H groups in total. The van der Waals surface area contributed by atoms with Gasteiger partial charge >= 0.3 is 6.03 Å². The van der Waals surface area contributed by atoms with Gasteiger partial charge in [0, 0.05) is 25.1 Å². The first-order chi connectivity index (χ1) is 12.1. The van der Waals surface area contributed by atoms with Gasteiger partial charge in [-0.2, -0.15) is 0 Å². The highest BCUT2D eigenvalue weighted by atomic mass is 16.5. The lowest BCUT2D eigenvalue weighted by atomic mass is 9.89. The van der Waals surface area contributed by atoms with Crippen LogP contribution in [0.4, 0.5) is 4.79 Å². The summed E-state index contributed by atoms with van der Waals surface area (Å²) in [6, 6.07) is 8.56. The molecule has 1 aliphatic heterocycles. The van der Waals surface area contributed by atoms with Crippen LogP contribution >= 0.6 is 0 Å². The Bertz CT molecular complexity index is 553. The van der Waals surface area contributed by atoms with Gasteiger partial charge in [-0.05, 0) is 51.0 Å². The molecule has 2 atom stereocenters. The van der Waals surface area contributed by atoms with Crippen LogP contribution in [0, 0.1) is 12.8 Å². The third kappa shape index (κ3) is 5.19. The Hall–Kier alpha value is -1.59. The van der Waals surface area contributed by atoms with Crippen LogP contribution in [0.15, 0.2) is 24.3 Å². The molecule has 0 unspecified atom stereocenters. The second-order valence-corrected chi connectivity index (χ2v) is 7.46. The minimum Gasteiger partial charge on any atom is -0.393 e. The number of carbonyl (C=O) groups excluding carboxylic acids is 1. The van der Waals surface area contributed by atoms with E-state index >= 15 is 0 Å². The first-order valence-electron chi connectivity index (χ1n) is 9.52. The molecule has 138 valence electrons. The Morgan fingerprint density at radius 1 is 1.16 bits per heavy atom. The summed E-state index contributed by atoms with van der Waals surface area (Å²) in [5.74, 6) is 0.301. The number of aryl methyl sites for hydroxylation is 1. The summed E-state index contributed by atoms with van der Waals surface area (Å²) in [5.41, 5.74) is 2.44. The molecule has 0 radical (unpaired) electrons. The van der Waals surface area contributed by atoms with Gasteiger partial charge in [-0.1, -0.05) is 29.8 Å². The molecular weight excluding hydrogens is 316 g/mol. The maximum atomic E-state index is 12.2. The molecular formula is C20H30N2O3. The van der Waals surface area contributed by atoms with Gasteiger partial charge in [0.25, 0.3) is 0 Å². The van der Waals surface area contributed by atoms with Crippen LogP contribution in [0.1, 0.15) is 55.8 Å². The molecule has 1 aromatic rings. The van der Waals surface area contributed by atoms with Crippen molar-refractivity contribution in [3.05, 3.63) is 35.4 Å². The van der Waals surface area contributed by atoms with Gasteiger partial charge in [0.05, 0.1) is 12.2 Å². The molecule has 1 aliphatic carbocycles. The first kappa shape index (κ1) is 18.2. The lowest BCUT2D eigenvalue weighted by Crippen LogP contribution is -2.46. The van der Waals surface area contributed by atoms with Crippen molar-refractivity contribution >= 4 is 6.03 Å². The number of rotatable bonds is 4. The molecule has 5 nitrogen and oxygen atoms in total. The van der Waals surface area contributed by atoms with E-state index in [0.717, 1.165) is 45.1 Å². The van der Waals surface area contributed by atoms with Crippen molar-refractivity contribution in [1.29, 1.82) is 0 Å². The molecule has 1 saturated carbocycles. The monoisotopic (exact) mass is 346 g/mol. The number of aliphatic hydroxyl groups is 1. The summed E-state index contributed by atoms with van der Waals surface area (Å²) in [5, 5.41) is 15.6. The molecule has 0 bridgehead atoms. The van der Waals surface area contributed by atoms with E-state index in [1.54, 1.807) is 0 Å². The Kier molecular flexibility index (Phi) is 6.32. The van der Waals surface area contributed by atoms with Gasteiger partial charge in [-0.25, -0.2) is 4.79 Å². The van der Waals surface area contributed by atoms with E-state index in [0.29, 0.717) is 12.5 Å². The smallest absolute Gasteiger partial charge is 0.315 e. The molecule has 1 aromatic carbocycles. The predicted octanol–water partition coefficient (Wildman–Crippen LogP) is 3.07. The van der Waals surface area contributed by atoms with Gasteiger partial charge in [-0.3, -0.25) is 0 Å². The van der Waals surface area contributed by atoms with Crippen LogP contribution in [-0.4, -0.2) is 36.4 Å². The van der Waals surface area contributed by atoms with Gasteiger partial charge in [0.2, 0.25) is 0 Å². The van der Waals surface area contributed by atoms with Gasteiger partial charge in [-0.15, -0.1) is 0 Å². The van der Waals surface area contributed by atoms with E-state index < -0.39 is 0 Å². The second kappa shape index (κ2) is 8.68. The fraction of sp³-hybridized carbons (Fsp3) is 0.650. The normalized spacial score (nSPS) is 29.8. The van der Waals surface area contributed by atoms with Crippen molar-refractivity contribution in [3.8, 4) is 0 Å². The van der Waals surface area contributed by atoms with Crippen LogP contribution in [0.2, 0.25) is 0 Å². The minimum atomic E-state index is -0.198. The Balaban J connectivity index is 1.50. The van der Waals surface area contributed by atoms with Crippen molar-refractivity contribution in [2.24, 2.45) is 5.92 Å². The van der Waals surface area contributed by atoms with Crippen molar-refractivity contribution in [2.75, 3.05) is 13.2 Å². The summed E-state index contributed by atoms with van der Waals surface area (Å²) in [6.45, 7) is 3.49. The Morgan fingerprint density at radius 3 is 2.60 bits per heavy atom. The van der Waals surface area contributed by atoms with E-state index in [1.165, 1.54) is 11.1 Å². The zero-order valence-corrected chi connectivity index (χ0v) is 15.0. The number of hydrogen-bond acceptors (Lipinski definition) is 3. The highest BCUT2D eigenvalue weighted by Crippen LogP contribution is 2.33. The highest BCUT2D eigenvalue weighted by Gasteiger charge is 2.28.